The van der Waals surface area contributed by atoms with E-state index in [4.69, 9.17) is 11.6 Å². The monoisotopic (exact) mass is 131 g/mol. The average molecular weight is 131 g/mol. The minimum atomic E-state index is -0.714. The fraction of sp³-hybridized carbons (Fsp3) is 0. The molecule has 1 rings (SSSR count). The van der Waals surface area contributed by atoms with Gasteiger partial charge in [0.05, 0.1) is 0 Å². The number of nitrogens with zero attached hydrogens (tertiary/aromatic N) is 2. The van der Waals surface area contributed by atoms with Crippen molar-refractivity contribution in [1.29, 1.82) is 0 Å². The summed E-state index contributed by atoms with van der Waals surface area (Å²) >= 11 is 0. The average Bonchev–Trinajstić information content (AvgIpc) is 1.59. The minimum absolute atomic E-state index is 0.130. The zero-order valence-corrected chi connectivity index (χ0v) is 4.50. The number of hydrazone groups is 1. The zero-order valence-electron chi connectivity index (χ0n) is 4.50. The Morgan fingerprint density at radius 2 is 2.44 bits per heavy atom. The van der Waals surface area contributed by atoms with Gasteiger partial charge in [-0.15, -0.1) is 10.3 Å². The molecule has 5 nitrogen and oxygen atoms in total. The topological polar surface area (TPSA) is 79.7 Å². The molecule has 0 amide bonds. The molecule has 0 atom stereocenters. The lowest BCUT2D eigenvalue weighted by atomic mass is 10.5. The van der Waals surface area contributed by atoms with Crippen LogP contribution in [0, 0.1) is 0 Å². The molecule has 0 aromatic rings. The highest BCUT2D eigenvalue weighted by Gasteiger charge is 2.04. The molecule has 0 radical (unpaired) electrons. The summed E-state index contributed by atoms with van der Waals surface area (Å²) in [6.07, 6.45) is 1.03. The first-order valence-electron chi connectivity index (χ1n) is 2.21. The van der Waals surface area contributed by atoms with Gasteiger partial charge in [0.15, 0.2) is 0 Å². The SMILES string of the molecule is NC1=CC(F)=NN(N)N1. The zero-order chi connectivity index (χ0) is 6.85. The maximum absolute atomic E-state index is 12.1. The molecule has 0 spiro atoms. The molecule has 50 valence electrons. The molecule has 0 aromatic heterocycles. The molecule has 1 heterocycles. The summed E-state index contributed by atoms with van der Waals surface area (Å²) < 4.78 is 12.1. The Kier molecular flexibility index (Phi) is 1.23. The van der Waals surface area contributed by atoms with Crippen LogP contribution >= 0.6 is 0 Å². The minimum Gasteiger partial charge on any atom is -0.384 e. The first kappa shape index (κ1) is 5.83. The third-order valence-electron chi connectivity index (χ3n) is 0.722. The number of hydrogen-bond donors (Lipinski definition) is 3. The maximum Gasteiger partial charge on any atom is 0.238 e. The van der Waals surface area contributed by atoms with E-state index >= 15 is 0 Å². The van der Waals surface area contributed by atoms with Gasteiger partial charge in [0, 0.05) is 6.08 Å². The first-order valence-corrected chi connectivity index (χ1v) is 2.21. The Bertz CT molecular complexity index is 173. The quantitative estimate of drug-likeness (QED) is 0.359. The molecule has 0 unspecified atom stereocenters. The third-order valence-corrected chi connectivity index (χ3v) is 0.722. The van der Waals surface area contributed by atoms with Gasteiger partial charge in [0.25, 0.3) is 0 Å². The van der Waals surface area contributed by atoms with E-state index in [-0.39, 0.29) is 5.82 Å². The van der Waals surface area contributed by atoms with Gasteiger partial charge in [0.1, 0.15) is 5.82 Å². The van der Waals surface area contributed by atoms with Crippen molar-refractivity contribution in [3.05, 3.63) is 11.9 Å². The van der Waals surface area contributed by atoms with Crippen LogP contribution in [0.1, 0.15) is 0 Å². The second-order valence-corrected chi connectivity index (χ2v) is 1.48. The number of hydrogen-bond acceptors (Lipinski definition) is 5. The molecule has 1 aliphatic rings. The van der Waals surface area contributed by atoms with Crippen LogP contribution < -0.4 is 17.0 Å². The van der Waals surface area contributed by atoms with Crippen molar-refractivity contribution in [2.75, 3.05) is 0 Å². The van der Waals surface area contributed by atoms with Crippen molar-refractivity contribution < 1.29 is 4.39 Å². The van der Waals surface area contributed by atoms with Gasteiger partial charge in [-0.05, 0) is 0 Å². The van der Waals surface area contributed by atoms with Crippen LogP contribution in [0.15, 0.2) is 17.0 Å². The molecule has 0 aliphatic carbocycles. The van der Waals surface area contributed by atoms with Crippen molar-refractivity contribution >= 4 is 5.97 Å². The highest BCUT2D eigenvalue weighted by Crippen LogP contribution is 1.93. The molecule has 0 fully saturated rings. The third kappa shape index (κ3) is 1.29. The van der Waals surface area contributed by atoms with Crippen molar-refractivity contribution in [3.63, 3.8) is 0 Å². The number of allylic oxidation sites excluding steroid dienone is 1. The number of rotatable bonds is 0. The normalized spacial score (nSPS) is 18.2. The Balaban J connectivity index is 2.74. The van der Waals surface area contributed by atoms with Crippen molar-refractivity contribution in [3.8, 4) is 0 Å². The lowest BCUT2D eigenvalue weighted by molar-refractivity contribution is 0.220. The number of halogens is 1. The van der Waals surface area contributed by atoms with Crippen LogP contribution in [0.5, 0.6) is 0 Å². The van der Waals surface area contributed by atoms with Crippen molar-refractivity contribution in [2.24, 2.45) is 16.7 Å². The largest absolute Gasteiger partial charge is 0.384 e. The Morgan fingerprint density at radius 1 is 1.78 bits per heavy atom. The van der Waals surface area contributed by atoms with E-state index < -0.39 is 5.97 Å². The summed E-state index contributed by atoms with van der Waals surface area (Å²) in [6, 6.07) is 0. The highest BCUT2D eigenvalue weighted by molar-refractivity contribution is 5.87. The van der Waals surface area contributed by atoms with Gasteiger partial charge in [-0.2, -0.15) is 4.39 Å². The predicted octanol–water partition coefficient (Wildman–Crippen LogP) is -1.24. The lowest BCUT2D eigenvalue weighted by Gasteiger charge is -2.17. The van der Waals surface area contributed by atoms with Crippen LogP contribution in [-0.2, 0) is 0 Å². The summed E-state index contributed by atoms with van der Waals surface area (Å²) in [4.78, 5) is 0. The van der Waals surface area contributed by atoms with Crippen LogP contribution in [0.4, 0.5) is 4.39 Å². The fourth-order valence-corrected chi connectivity index (χ4v) is 0.450. The Morgan fingerprint density at radius 3 is 2.89 bits per heavy atom. The molecule has 0 bridgehead atoms. The highest BCUT2D eigenvalue weighted by atomic mass is 19.1. The Hall–Kier alpha value is -1.30. The first-order chi connectivity index (χ1) is 4.18. The number of nitrogens with two attached hydrogens (primary N) is 2. The van der Waals surface area contributed by atoms with Gasteiger partial charge in [-0.25, -0.2) is 5.84 Å². The molecule has 5 N–H and O–H groups in total. The summed E-state index contributed by atoms with van der Waals surface area (Å²) in [5, 5.41) is 3.83. The smallest absolute Gasteiger partial charge is 0.238 e. The molecule has 0 saturated carbocycles. The van der Waals surface area contributed by atoms with E-state index in [0.717, 1.165) is 6.08 Å². The van der Waals surface area contributed by atoms with E-state index in [2.05, 4.69) is 10.5 Å². The van der Waals surface area contributed by atoms with Gasteiger partial charge in [-0.1, -0.05) is 0 Å². The van der Waals surface area contributed by atoms with Gasteiger partial charge in [-0.3, -0.25) is 5.43 Å². The van der Waals surface area contributed by atoms with Gasteiger partial charge >= 0.3 is 0 Å². The van der Waals surface area contributed by atoms with Crippen molar-refractivity contribution in [1.82, 2.24) is 10.7 Å². The van der Waals surface area contributed by atoms with Crippen LogP contribution in [0.25, 0.3) is 0 Å². The molecular weight excluding hydrogens is 125 g/mol. The fourth-order valence-electron chi connectivity index (χ4n) is 0.450. The van der Waals surface area contributed by atoms with E-state index in [0.29, 0.717) is 5.23 Å². The van der Waals surface area contributed by atoms with Crippen LogP contribution in [0.2, 0.25) is 0 Å². The van der Waals surface area contributed by atoms with Crippen LogP contribution in [0.3, 0.4) is 0 Å². The van der Waals surface area contributed by atoms with Gasteiger partial charge < -0.3 is 5.73 Å². The van der Waals surface area contributed by atoms with E-state index in [9.17, 15) is 4.39 Å². The maximum atomic E-state index is 12.1. The van der Waals surface area contributed by atoms with E-state index in [1.54, 1.807) is 0 Å². The Labute approximate surface area is 50.7 Å². The molecule has 6 heteroatoms. The van der Waals surface area contributed by atoms with Crippen LogP contribution in [-0.4, -0.2) is 11.2 Å². The summed E-state index contributed by atoms with van der Waals surface area (Å²) in [6.45, 7) is 0. The summed E-state index contributed by atoms with van der Waals surface area (Å²) in [5.74, 6) is 4.40. The summed E-state index contributed by atoms with van der Waals surface area (Å²) in [7, 11) is 0. The standard InChI is InChI=1S/C3H6FN5/c4-2-1-3(5)8-9(6)7-2/h1,8H,5-6H2. The van der Waals surface area contributed by atoms with Gasteiger partial charge in [0.2, 0.25) is 5.97 Å². The molecule has 0 saturated heterocycles. The second-order valence-electron chi connectivity index (χ2n) is 1.48. The van der Waals surface area contributed by atoms with E-state index in [1.807, 2.05) is 0 Å². The molecule has 1 aliphatic heterocycles. The molecular formula is C3H6FN5. The predicted molar refractivity (Wildman–Crippen MR) is 30.0 cm³/mol. The van der Waals surface area contributed by atoms with E-state index in [1.165, 1.54) is 0 Å². The molecule has 0 aromatic carbocycles. The lowest BCUT2D eigenvalue weighted by Crippen LogP contribution is -2.43. The number of hydrazine groups is 2. The van der Waals surface area contributed by atoms with Crippen molar-refractivity contribution in [2.45, 2.75) is 0 Å². The number of nitrogens with one attached hydrogen (secondary N) is 1. The second kappa shape index (κ2) is 1.90. The summed E-state index contributed by atoms with van der Waals surface area (Å²) in [5.41, 5.74) is 7.46. The molecule has 9 heavy (non-hydrogen) atoms.